The van der Waals surface area contributed by atoms with E-state index in [0.717, 1.165) is 44.2 Å². The molecule has 0 fully saturated rings. The van der Waals surface area contributed by atoms with E-state index in [4.69, 9.17) is 32.9 Å². The molecule has 170 valence electrons. The van der Waals surface area contributed by atoms with Crippen LogP contribution in [-0.2, 0) is 6.42 Å². The Labute approximate surface area is 211 Å². The zero-order valence-electron chi connectivity index (χ0n) is 18.5. The molecule has 0 aliphatic rings. The summed E-state index contributed by atoms with van der Waals surface area (Å²) >= 11 is 13.7. The molecule has 0 N–H and O–H groups in total. The Hall–Kier alpha value is -3.12. The largest absolute Gasteiger partial charge is 0.497 e. The first kappa shape index (κ1) is 22.7. The lowest BCUT2D eigenvalue weighted by Gasteiger charge is -2.08. The van der Waals surface area contributed by atoms with Crippen molar-refractivity contribution in [2.24, 2.45) is 0 Å². The third kappa shape index (κ3) is 4.23. The molecular weight excluding hydrogens is 487 g/mol. The van der Waals surface area contributed by atoms with Crippen molar-refractivity contribution in [3.05, 3.63) is 104 Å². The van der Waals surface area contributed by atoms with Gasteiger partial charge in [-0.05, 0) is 67.1 Å². The van der Waals surface area contributed by atoms with Gasteiger partial charge in [0.25, 0.3) is 5.91 Å². The molecule has 0 aliphatic heterocycles. The first-order valence-electron chi connectivity index (χ1n) is 10.6. The summed E-state index contributed by atoms with van der Waals surface area (Å²) in [6.07, 6.45) is 0.606. The lowest BCUT2D eigenvalue weighted by molar-refractivity contribution is 0.0963. The highest BCUT2D eigenvalue weighted by atomic mass is 35.5. The van der Waals surface area contributed by atoms with Crippen LogP contribution in [-0.4, -0.2) is 22.6 Å². The Morgan fingerprint density at radius 1 is 1.00 bits per heavy atom. The molecule has 34 heavy (non-hydrogen) atoms. The predicted octanol–water partition coefficient (Wildman–Crippen LogP) is 7.67. The van der Waals surface area contributed by atoms with Crippen LogP contribution >= 0.6 is 34.5 Å². The lowest BCUT2D eigenvalue weighted by atomic mass is 10.1. The number of carbonyl (C=O) groups is 1. The second-order valence-corrected chi connectivity index (χ2v) is 9.72. The van der Waals surface area contributed by atoms with E-state index >= 15 is 0 Å². The van der Waals surface area contributed by atoms with Gasteiger partial charge in [0.1, 0.15) is 5.75 Å². The number of hydrogen-bond donors (Lipinski definition) is 0. The first-order valence-corrected chi connectivity index (χ1v) is 12.3. The Balaban J connectivity index is 1.58. The van der Waals surface area contributed by atoms with Crippen molar-refractivity contribution >= 4 is 51.3 Å². The molecule has 0 unspecified atom stereocenters. The highest BCUT2D eigenvalue weighted by Gasteiger charge is 2.21. The van der Waals surface area contributed by atoms with E-state index in [0.29, 0.717) is 22.0 Å². The third-order valence-corrected chi connectivity index (χ3v) is 7.21. The van der Waals surface area contributed by atoms with E-state index in [1.165, 1.54) is 0 Å². The number of aromatic nitrogens is 2. The van der Waals surface area contributed by atoms with Crippen LogP contribution in [0.25, 0.3) is 22.2 Å². The minimum Gasteiger partial charge on any atom is -0.497 e. The average molecular weight is 507 g/mol. The van der Waals surface area contributed by atoms with Crippen LogP contribution in [0.2, 0.25) is 10.0 Å². The van der Waals surface area contributed by atoms with E-state index in [1.54, 1.807) is 47.3 Å². The van der Waals surface area contributed by atoms with Crippen LogP contribution in [0.4, 0.5) is 0 Å². The Kier molecular flexibility index (Phi) is 6.17. The fourth-order valence-corrected chi connectivity index (χ4v) is 5.16. The van der Waals surface area contributed by atoms with Crippen LogP contribution < -0.4 is 4.74 Å². The van der Waals surface area contributed by atoms with Crippen LogP contribution in [0.3, 0.4) is 0 Å². The normalized spacial score (nSPS) is 11.2. The molecule has 0 spiro atoms. The highest BCUT2D eigenvalue weighted by Crippen LogP contribution is 2.33. The summed E-state index contributed by atoms with van der Waals surface area (Å²) in [6.45, 7) is 1.98. The van der Waals surface area contributed by atoms with E-state index in [-0.39, 0.29) is 5.91 Å². The maximum Gasteiger partial charge on any atom is 0.262 e. The average Bonchev–Trinajstić information content (AvgIpc) is 3.42. The van der Waals surface area contributed by atoms with Crippen molar-refractivity contribution in [3.63, 3.8) is 0 Å². The Bertz CT molecular complexity index is 1500. The summed E-state index contributed by atoms with van der Waals surface area (Å²) in [5.41, 5.74) is 5.27. The molecule has 0 bridgehead atoms. The maximum atomic E-state index is 13.5. The van der Waals surface area contributed by atoms with Crippen LogP contribution in [0.15, 0.2) is 72.1 Å². The summed E-state index contributed by atoms with van der Waals surface area (Å²) in [4.78, 5) is 18.3. The van der Waals surface area contributed by atoms with Gasteiger partial charge < -0.3 is 4.74 Å². The second kappa shape index (κ2) is 9.26. The van der Waals surface area contributed by atoms with Crippen molar-refractivity contribution in [1.29, 1.82) is 0 Å². The molecule has 0 saturated heterocycles. The van der Waals surface area contributed by atoms with Gasteiger partial charge in [0.2, 0.25) is 0 Å². The number of methoxy groups -OCH3 is 1. The van der Waals surface area contributed by atoms with Crippen LogP contribution in [0.5, 0.6) is 5.75 Å². The molecule has 5 aromatic rings. The summed E-state index contributed by atoms with van der Waals surface area (Å²) in [5.74, 6) is 0.641. The molecule has 2 heterocycles. The van der Waals surface area contributed by atoms with Crippen molar-refractivity contribution in [2.75, 3.05) is 7.11 Å². The fourth-order valence-electron chi connectivity index (χ4n) is 4.09. The zero-order chi connectivity index (χ0) is 23.8. The van der Waals surface area contributed by atoms with Gasteiger partial charge in [-0.1, -0.05) is 35.3 Å². The highest BCUT2D eigenvalue weighted by molar-refractivity contribution is 7.10. The smallest absolute Gasteiger partial charge is 0.262 e. The zero-order valence-corrected chi connectivity index (χ0v) is 20.8. The number of carbonyl (C=O) groups excluding carboxylic acids is 1. The number of ether oxygens (including phenoxy) is 1. The van der Waals surface area contributed by atoms with Crippen molar-refractivity contribution in [3.8, 4) is 17.0 Å². The second-order valence-electron chi connectivity index (χ2n) is 7.90. The van der Waals surface area contributed by atoms with E-state index in [2.05, 4.69) is 0 Å². The minimum absolute atomic E-state index is 0.100. The molecule has 0 amide bonds. The van der Waals surface area contributed by atoms with Gasteiger partial charge in [0.15, 0.2) is 0 Å². The Morgan fingerprint density at radius 3 is 2.35 bits per heavy atom. The van der Waals surface area contributed by atoms with Crippen LogP contribution in [0.1, 0.15) is 26.6 Å². The topological polar surface area (TPSA) is 44.1 Å². The fraction of sp³-hybridized carbons (Fsp3) is 0.111. The molecule has 7 heteroatoms. The standard InChI is InChI=1S/C27H20Cl2N2O2S/c1-16-22(14-26-30-24(15-34-26)17-3-7-19(28)8-4-17)23-13-21(33-2)11-12-25(23)31(16)27(32)18-5-9-20(29)10-6-18/h3-13,15H,14H2,1-2H3. The molecule has 0 radical (unpaired) electrons. The van der Waals surface area contributed by atoms with Gasteiger partial charge in [0, 0.05) is 44.1 Å². The van der Waals surface area contributed by atoms with Crippen molar-refractivity contribution in [1.82, 2.24) is 9.55 Å². The maximum absolute atomic E-state index is 13.5. The quantitative estimate of drug-likeness (QED) is 0.245. The van der Waals surface area contributed by atoms with Gasteiger partial charge in [-0.25, -0.2) is 4.98 Å². The third-order valence-electron chi connectivity index (χ3n) is 5.86. The number of benzene rings is 3. The molecule has 5 rings (SSSR count). The number of halogens is 2. The molecular formula is C27H20Cl2N2O2S. The van der Waals surface area contributed by atoms with Crippen molar-refractivity contribution < 1.29 is 9.53 Å². The first-order chi connectivity index (χ1) is 16.4. The number of fused-ring (bicyclic) bond motifs is 1. The summed E-state index contributed by atoms with van der Waals surface area (Å²) < 4.78 is 7.24. The van der Waals surface area contributed by atoms with Crippen LogP contribution in [0, 0.1) is 6.92 Å². The van der Waals surface area contributed by atoms with E-state index in [1.807, 2.05) is 54.8 Å². The molecule has 0 saturated carbocycles. The van der Waals surface area contributed by atoms with Gasteiger partial charge in [-0.2, -0.15) is 0 Å². The number of hydrogen-bond acceptors (Lipinski definition) is 4. The van der Waals surface area contributed by atoms with Gasteiger partial charge in [0.05, 0.1) is 23.3 Å². The molecule has 0 aliphatic carbocycles. The predicted molar refractivity (Wildman–Crippen MR) is 140 cm³/mol. The molecule has 0 atom stereocenters. The van der Waals surface area contributed by atoms with Gasteiger partial charge >= 0.3 is 0 Å². The van der Waals surface area contributed by atoms with Gasteiger partial charge in [-0.15, -0.1) is 11.3 Å². The van der Waals surface area contributed by atoms with Gasteiger partial charge in [-0.3, -0.25) is 9.36 Å². The van der Waals surface area contributed by atoms with Crippen molar-refractivity contribution in [2.45, 2.75) is 13.3 Å². The SMILES string of the molecule is COc1ccc2c(c1)c(Cc1nc(-c3ccc(Cl)cc3)cs1)c(C)n2C(=O)c1ccc(Cl)cc1. The molecule has 2 aromatic heterocycles. The number of nitrogens with zero attached hydrogens (tertiary/aromatic N) is 2. The number of rotatable bonds is 5. The lowest BCUT2D eigenvalue weighted by Crippen LogP contribution is -2.13. The summed E-state index contributed by atoms with van der Waals surface area (Å²) in [5, 5.41) is 5.28. The monoisotopic (exact) mass is 506 g/mol. The Morgan fingerprint density at radius 2 is 1.68 bits per heavy atom. The minimum atomic E-state index is -0.100. The van der Waals surface area contributed by atoms with E-state index in [9.17, 15) is 4.79 Å². The molecule has 4 nitrogen and oxygen atoms in total. The molecule has 3 aromatic carbocycles. The summed E-state index contributed by atoms with van der Waals surface area (Å²) in [6, 6.07) is 20.4. The van der Waals surface area contributed by atoms with E-state index < -0.39 is 0 Å². The number of thiazole rings is 1. The summed E-state index contributed by atoms with van der Waals surface area (Å²) in [7, 11) is 1.64.